The summed E-state index contributed by atoms with van der Waals surface area (Å²) >= 11 is 6.10. The molecule has 0 saturated heterocycles. The number of aromatic nitrogens is 2. The molecule has 160 valence electrons. The lowest BCUT2D eigenvalue weighted by Crippen LogP contribution is -2.09. The molecule has 1 aromatic heterocycles. The van der Waals surface area contributed by atoms with E-state index >= 15 is 0 Å². The summed E-state index contributed by atoms with van der Waals surface area (Å²) in [5, 5.41) is 0. The molecule has 30 heavy (non-hydrogen) atoms. The first kappa shape index (κ1) is 22.6. The Bertz CT molecular complexity index is 944. The Kier molecular flexibility index (Phi) is 6.71. The largest absolute Gasteiger partial charge is 0.292 e. The molecule has 0 aliphatic heterocycles. The van der Waals surface area contributed by atoms with E-state index < -0.39 is 0 Å². The van der Waals surface area contributed by atoms with Crippen molar-refractivity contribution in [3.63, 3.8) is 0 Å². The lowest BCUT2D eigenvalue weighted by atomic mass is 9.92. The van der Waals surface area contributed by atoms with Gasteiger partial charge in [-0.1, -0.05) is 91.8 Å². The standard InChI is InChI=1S/C27H36N2S/c1-17(2)21-11-9-12-22(18(3)4)25(21)28-15-16-29(27(28)30)26-23(19(5)6)13-10-14-24(26)20(7)8/h9-20H,1-8H3. The highest BCUT2D eigenvalue weighted by Crippen LogP contribution is 2.34. The molecule has 0 atom stereocenters. The molecule has 0 aliphatic carbocycles. The Morgan fingerprint density at radius 1 is 0.533 bits per heavy atom. The minimum absolute atomic E-state index is 0.429. The molecular weight excluding hydrogens is 384 g/mol. The van der Waals surface area contributed by atoms with Gasteiger partial charge in [0.2, 0.25) is 0 Å². The van der Waals surface area contributed by atoms with E-state index in [0.29, 0.717) is 23.7 Å². The van der Waals surface area contributed by atoms with Crippen molar-refractivity contribution < 1.29 is 0 Å². The van der Waals surface area contributed by atoms with Crippen molar-refractivity contribution in [1.82, 2.24) is 9.13 Å². The van der Waals surface area contributed by atoms with Gasteiger partial charge in [0, 0.05) is 12.4 Å². The van der Waals surface area contributed by atoms with Crippen LogP contribution in [0.2, 0.25) is 0 Å². The zero-order valence-corrected chi connectivity index (χ0v) is 20.5. The summed E-state index contributed by atoms with van der Waals surface area (Å²) in [7, 11) is 0. The molecule has 3 aromatic rings. The topological polar surface area (TPSA) is 9.86 Å². The predicted octanol–water partition coefficient (Wildman–Crippen LogP) is 8.49. The minimum Gasteiger partial charge on any atom is -0.292 e. The first-order valence-corrected chi connectivity index (χ1v) is 11.6. The van der Waals surface area contributed by atoms with Crippen molar-refractivity contribution in [3.8, 4) is 11.4 Å². The molecule has 0 bridgehead atoms. The maximum Gasteiger partial charge on any atom is 0.189 e. The minimum atomic E-state index is 0.429. The third kappa shape index (κ3) is 4.05. The fourth-order valence-corrected chi connectivity index (χ4v) is 4.60. The molecule has 2 nitrogen and oxygen atoms in total. The van der Waals surface area contributed by atoms with Crippen molar-refractivity contribution in [2.45, 2.75) is 79.1 Å². The molecule has 1 heterocycles. The van der Waals surface area contributed by atoms with Gasteiger partial charge in [-0.15, -0.1) is 0 Å². The van der Waals surface area contributed by atoms with E-state index in [1.807, 2.05) is 0 Å². The lowest BCUT2D eigenvalue weighted by molar-refractivity contribution is 0.785. The second-order valence-electron chi connectivity index (χ2n) is 9.51. The van der Waals surface area contributed by atoms with E-state index in [4.69, 9.17) is 12.2 Å². The quantitative estimate of drug-likeness (QED) is 0.363. The van der Waals surface area contributed by atoms with Crippen molar-refractivity contribution in [2.75, 3.05) is 0 Å². The zero-order valence-electron chi connectivity index (χ0n) is 19.7. The van der Waals surface area contributed by atoms with Gasteiger partial charge in [0.25, 0.3) is 0 Å². The van der Waals surface area contributed by atoms with Crippen molar-refractivity contribution in [1.29, 1.82) is 0 Å². The second-order valence-corrected chi connectivity index (χ2v) is 9.87. The number of nitrogens with zero attached hydrogens (tertiary/aromatic N) is 2. The van der Waals surface area contributed by atoms with Gasteiger partial charge in [0.15, 0.2) is 4.77 Å². The van der Waals surface area contributed by atoms with Gasteiger partial charge in [0.1, 0.15) is 0 Å². The lowest BCUT2D eigenvalue weighted by Gasteiger charge is -2.22. The van der Waals surface area contributed by atoms with E-state index in [2.05, 4.69) is 113 Å². The summed E-state index contributed by atoms with van der Waals surface area (Å²) in [6.45, 7) is 18.1. The third-order valence-electron chi connectivity index (χ3n) is 5.94. The highest BCUT2D eigenvalue weighted by Gasteiger charge is 2.20. The van der Waals surface area contributed by atoms with Crippen LogP contribution in [0.5, 0.6) is 0 Å². The molecule has 0 unspecified atom stereocenters. The number of hydrogen-bond acceptors (Lipinski definition) is 1. The SMILES string of the molecule is CC(C)c1cccc(C(C)C)c1-n1ccn(-c2c(C(C)C)cccc2C(C)C)c1=S. The highest BCUT2D eigenvalue weighted by atomic mass is 32.1. The molecule has 0 radical (unpaired) electrons. The molecule has 2 aromatic carbocycles. The average Bonchev–Trinajstić information content (AvgIpc) is 3.07. The van der Waals surface area contributed by atoms with Crippen LogP contribution in [0.3, 0.4) is 0 Å². The zero-order chi connectivity index (χ0) is 22.2. The third-order valence-corrected chi connectivity index (χ3v) is 6.34. The van der Waals surface area contributed by atoms with Crippen LogP contribution in [-0.2, 0) is 0 Å². The molecule has 0 N–H and O–H groups in total. The monoisotopic (exact) mass is 420 g/mol. The summed E-state index contributed by atoms with van der Waals surface area (Å²) in [6, 6.07) is 13.3. The first-order valence-electron chi connectivity index (χ1n) is 11.2. The van der Waals surface area contributed by atoms with Gasteiger partial charge >= 0.3 is 0 Å². The number of benzene rings is 2. The fraction of sp³-hybridized carbons (Fsp3) is 0.444. The maximum atomic E-state index is 6.10. The summed E-state index contributed by atoms with van der Waals surface area (Å²) in [6.07, 6.45) is 4.30. The van der Waals surface area contributed by atoms with Gasteiger partial charge in [-0.3, -0.25) is 9.13 Å². The van der Waals surface area contributed by atoms with Gasteiger partial charge < -0.3 is 0 Å². The Morgan fingerprint density at radius 3 is 1.03 bits per heavy atom. The fourth-order valence-electron chi connectivity index (χ4n) is 4.30. The Morgan fingerprint density at radius 2 is 0.800 bits per heavy atom. The van der Waals surface area contributed by atoms with Crippen LogP contribution in [-0.4, -0.2) is 9.13 Å². The highest BCUT2D eigenvalue weighted by molar-refractivity contribution is 7.71. The summed E-state index contributed by atoms with van der Waals surface area (Å²) < 4.78 is 5.28. The van der Waals surface area contributed by atoms with Crippen LogP contribution in [0.15, 0.2) is 48.8 Å². The molecule has 0 spiro atoms. The van der Waals surface area contributed by atoms with Crippen LogP contribution < -0.4 is 0 Å². The molecule has 3 rings (SSSR count). The second kappa shape index (κ2) is 8.93. The van der Waals surface area contributed by atoms with Gasteiger partial charge in [0.05, 0.1) is 11.4 Å². The van der Waals surface area contributed by atoms with Gasteiger partial charge in [-0.25, -0.2) is 0 Å². The number of rotatable bonds is 6. The van der Waals surface area contributed by atoms with E-state index in [9.17, 15) is 0 Å². The predicted molar refractivity (Wildman–Crippen MR) is 132 cm³/mol. The maximum absolute atomic E-state index is 6.10. The van der Waals surface area contributed by atoms with Gasteiger partial charge in [-0.05, 0) is 58.1 Å². The molecule has 0 amide bonds. The number of imidazole rings is 1. The Hall–Kier alpha value is -2.13. The van der Waals surface area contributed by atoms with E-state index in [-0.39, 0.29) is 0 Å². The van der Waals surface area contributed by atoms with Gasteiger partial charge in [-0.2, -0.15) is 0 Å². The molecule has 3 heteroatoms. The summed E-state index contributed by atoms with van der Waals surface area (Å²) in [5.41, 5.74) is 7.87. The molecular formula is C27H36N2S. The average molecular weight is 421 g/mol. The van der Waals surface area contributed by atoms with Crippen LogP contribution in [0, 0.1) is 4.77 Å². The Labute approximate surface area is 187 Å². The summed E-state index contributed by atoms with van der Waals surface area (Å²) in [4.78, 5) is 0. The number of para-hydroxylation sites is 2. The molecule has 0 saturated carbocycles. The first-order chi connectivity index (χ1) is 14.1. The Balaban J connectivity index is 2.33. The number of hydrogen-bond donors (Lipinski definition) is 0. The van der Waals surface area contributed by atoms with Crippen LogP contribution in [0.4, 0.5) is 0 Å². The van der Waals surface area contributed by atoms with E-state index in [1.54, 1.807) is 0 Å². The van der Waals surface area contributed by atoms with Crippen molar-refractivity contribution in [3.05, 3.63) is 75.8 Å². The molecule has 0 fully saturated rings. The van der Waals surface area contributed by atoms with E-state index in [1.165, 1.54) is 33.6 Å². The summed E-state index contributed by atoms with van der Waals surface area (Å²) in [5.74, 6) is 1.72. The molecule has 0 aliphatic rings. The van der Waals surface area contributed by atoms with E-state index in [0.717, 1.165) is 4.77 Å². The normalized spacial score (nSPS) is 12.0. The van der Waals surface area contributed by atoms with Crippen LogP contribution in [0.25, 0.3) is 11.4 Å². The van der Waals surface area contributed by atoms with Crippen molar-refractivity contribution >= 4 is 12.2 Å². The van der Waals surface area contributed by atoms with Crippen LogP contribution in [0.1, 0.15) is 101 Å². The smallest absolute Gasteiger partial charge is 0.189 e. The van der Waals surface area contributed by atoms with Crippen molar-refractivity contribution in [2.24, 2.45) is 0 Å². The van der Waals surface area contributed by atoms with Crippen LogP contribution >= 0.6 is 12.2 Å².